The van der Waals surface area contributed by atoms with Gasteiger partial charge in [-0.15, -0.1) is 0 Å². The normalized spacial score (nSPS) is 14.7. The summed E-state index contributed by atoms with van der Waals surface area (Å²) in [5.41, 5.74) is 3.55. The van der Waals surface area contributed by atoms with Crippen LogP contribution in [0.5, 0.6) is 17.2 Å². The van der Waals surface area contributed by atoms with E-state index in [9.17, 15) is 4.79 Å². The number of hydrogen-bond donors (Lipinski definition) is 1. The topological polar surface area (TPSA) is 69.2 Å². The average Bonchev–Trinajstić information content (AvgIpc) is 3.32. The summed E-state index contributed by atoms with van der Waals surface area (Å²) in [6, 6.07) is 26.7. The zero-order valence-corrected chi connectivity index (χ0v) is 27.1. The molecule has 5 rings (SSSR count). The van der Waals surface area contributed by atoms with Gasteiger partial charge in [0.2, 0.25) is 0 Å². The summed E-state index contributed by atoms with van der Waals surface area (Å²) >= 11 is 14.5. The van der Waals surface area contributed by atoms with E-state index in [1.165, 1.54) is 11.8 Å². The summed E-state index contributed by atoms with van der Waals surface area (Å²) in [6.45, 7) is 3.23. The van der Waals surface area contributed by atoms with Crippen molar-refractivity contribution in [3.8, 4) is 17.2 Å². The molecule has 0 saturated carbocycles. The molecule has 0 aliphatic carbocycles. The summed E-state index contributed by atoms with van der Waals surface area (Å²) < 4.78 is 19.5. The van der Waals surface area contributed by atoms with Gasteiger partial charge in [0.1, 0.15) is 19.0 Å². The van der Waals surface area contributed by atoms with E-state index in [2.05, 4.69) is 42.2 Å². The van der Waals surface area contributed by atoms with E-state index in [-0.39, 0.29) is 5.91 Å². The summed E-state index contributed by atoms with van der Waals surface area (Å²) in [6.07, 6.45) is 1.81. The van der Waals surface area contributed by atoms with Crippen LogP contribution in [-0.4, -0.2) is 17.7 Å². The molecule has 10 heteroatoms. The van der Waals surface area contributed by atoms with Crippen LogP contribution in [0, 0.1) is 0 Å². The maximum absolute atomic E-state index is 12.6. The molecule has 1 aliphatic heterocycles. The predicted molar refractivity (Wildman–Crippen MR) is 177 cm³/mol. The Morgan fingerprint density at radius 2 is 1.57 bits per heavy atom. The second-order valence-electron chi connectivity index (χ2n) is 9.05. The fourth-order valence-electron chi connectivity index (χ4n) is 3.99. The molecule has 0 radical (unpaired) electrons. The predicted octanol–water partition coefficient (Wildman–Crippen LogP) is 9.31. The van der Waals surface area contributed by atoms with Crippen LogP contribution in [0.15, 0.2) is 104 Å². The number of hydrogen-bond acceptors (Lipinski definition) is 6. The molecule has 0 aromatic heterocycles. The molecule has 0 atom stereocenters. The highest BCUT2D eigenvalue weighted by atomic mass is 79.9. The third-order valence-electron chi connectivity index (χ3n) is 5.95. The first kappa shape index (κ1) is 30.2. The second-order valence-corrected chi connectivity index (χ2v) is 12.2. The molecule has 6 nitrogen and oxygen atoms in total. The molecule has 0 spiro atoms. The third-order valence-corrected chi connectivity index (χ3v) is 8.29. The van der Waals surface area contributed by atoms with Crippen molar-refractivity contribution in [2.45, 2.75) is 20.1 Å². The Bertz CT molecular complexity index is 1620. The van der Waals surface area contributed by atoms with E-state index in [1.54, 1.807) is 24.3 Å². The van der Waals surface area contributed by atoms with Crippen molar-refractivity contribution in [2.75, 3.05) is 6.61 Å². The lowest BCUT2D eigenvalue weighted by atomic mass is 10.2. The summed E-state index contributed by atoms with van der Waals surface area (Å²) in [4.78, 5) is 17.6. The maximum atomic E-state index is 12.6. The van der Waals surface area contributed by atoms with Gasteiger partial charge in [0.25, 0.3) is 5.91 Å². The highest BCUT2D eigenvalue weighted by Crippen LogP contribution is 2.38. The Labute approximate surface area is 270 Å². The quantitative estimate of drug-likeness (QED) is 0.165. The Morgan fingerprint density at radius 1 is 0.857 bits per heavy atom. The lowest BCUT2D eigenvalue weighted by molar-refractivity contribution is -0.115. The SMILES string of the molecule is CCOc1cc(COc2c(Br)cc(/C=C3/SC(=Nc4ccc(Cl)cc4)NC3=O)cc2Br)ccc1OCc1ccccc1. The van der Waals surface area contributed by atoms with Gasteiger partial charge in [-0.2, -0.15) is 0 Å². The number of amidine groups is 1. The molecular weight excluding hydrogens is 704 g/mol. The molecule has 42 heavy (non-hydrogen) atoms. The Kier molecular flexibility index (Phi) is 10.3. The van der Waals surface area contributed by atoms with Crippen molar-refractivity contribution < 1.29 is 19.0 Å². The van der Waals surface area contributed by atoms with E-state index >= 15 is 0 Å². The van der Waals surface area contributed by atoms with Gasteiger partial charge in [-0.3, -0.25) is 4.79 Å². The first-order valence-corrected chi connectivity index (χ1v) is 15.8. The Hall–Kier alpha value is -3.24. The van der Waals surface area contributed by atoms with Gasteiger partial charge in [-0.05, 0) is 122 Å². The molecule has 1 saturated heterocycles. The number of benzene rings is 4. The van der Waals surface area contributed by atoms with Gasteiger partial charge in [0.05, 0.1) is 26.1 Å². The molecular formula is C32H25Br2ClN2O4S. The lowest BCUT2D eigenvalue weighted by Crippen LogP contribution is -2.19. The monoisotopic (exact) mass is 726 g/mol. The third kappa shape index (κ3) is 7.98. The molecule has 4 aromatic rings. The fourth-order valence-corrected chi connectivity index (χ4v) is 6.40. The van der Waals surface area contributed by atoms with Crippen molar-refractivity contribution in [3.05, 3.63) is 120 Å². The van der Waals surface area contributed by atoms with Gasteiger partial charge in [0, 0.05) is 5.02 Å². The second kappa shape index (κ2) is 14.3. The molecule has 4 aromatic carbocycles. The number of amides is 1. The molecule has 0 bridgehead atoms. The van der Waals surface area contributed by atoms with Crippen LogP contribution >= 0.6 is 55.2 Å². The van der Waals surface area contributed by atoms with Crippen LogP contribution in [0.4, 0.5) is 5.69 Å². The van der Waals surface area contributed by atoms with Crippen LogP contribution < -0.4 is 19.5 Å². The summed E-state index contributed by atoms with van der Waals surface area (Å²) in [5, 5.41) is 3.94. The van der Waals surface area contributed by atoms with E-state index in [4.69, 9.17) is 25.8 Å². The Balaban J connectivity index is 1.25. The molecule has 214 valence electrons. The number of ether oxygens (including phenoxy) is 3. The fraction of sp³-hybridized carbons (Fsp3) is 0.125. The minimum atomic E-state index is -0.207. The van der Waals surface area contributed by atoms with Gasteiger partial charge < -0.3 is 19.5 Å². The highest BCUT2D eigenvalue weighted by molar-refractivity contribution is 9.11. The van der Waals surface area contributed by atoms with E-state index in [0.29, 0.717) is 57.9 Å². The largest absolute Gasteiger partial charge is 0.490 e. The van der Waals surface area contributed by atoms with Gasteiger partial charge >= 0.3 is 0 Å². The lowest BCUT2D eigenvalue weighted by Gasteiger charge is -2.15. The zero-order chi connectivity index (χ0) is 29.5. The van der Waals surface area contributed by atoms with E-state index < -0.39 is 0 Å². The highest BCUT2D eigenvalue weighted by Gasteiger charge is 2.24. The number of thioether (sulfide) groups is 1. The number of carbonyl (C=O) groups excluding carboxylic acids is 1. The summed E-state index contributed by atoms with van der Waals surface area (Å²) in [7, 11) is 0. The van der Waals surface area contributed by atoms with Gasteiger partial charge in [-0.25, -0.2) is 4.99 Å². The van der Waals surface area contributed by atoms with Crippen molar-refractivity contribution in [1.29, 1.82) is 0 Å². The van der Waals surface area contributed by atoms with Gasteiger partial charge in [-0.1, -0.05) is 48.0 Å². The number of nitrogens with one attached hydrogen (secondary N) is 1. The first-order valence-electron chi connectivity index (χ1n) is 13.0. The molecule has 1 amide bonds. The van der Waals surface area contributed by atoms with Crippen LogP contribution in [0.1, 0.15) is 23.6 Å². The van der Waals surface area contributed by atoms with Crippen molar-refractivity contribution in [1.82, 2.24) is 5.32 Å². The molecule has 1 aliphatic rings. The number of nitrogens with zero attached hydrogens (tertiary/aromatic N) is 1. The molecule has 1 heterocycles. The smallest absolute Gasteiger partial charge is 0.264 e. The van der Waals surface area contributed by atoms with Crippen LogP contribution in [0.25, 0.3) is 6.08 Å². The van der Waals surface area contributed by atoms with Crippen molar-refractivity contribution in [2.24, 2.45) is 4.99 Å². The van der Waals surface area contributed by atoms with Gasteiger partial charge in [0.15, 0.2) is 16.7 Å². The van der Waals surface area contributed by atoms with Crippen LogP contribution in [0.3, 0.4) is 0 Å². The number of carbonyl (C=O) groups is 1. The van der Waals surface area contributed by atoms with Crippen molar-refractivity contribution >= 4 is 78.1 Å². The minimum Gasteiger partial charge on any atom is -0.490 e. The zero-order valence-electron chi connectivity index (χ0n) is 22.4. The molecule has 1 fully saturated rings. The van der Waals surface area contributed by atoms with Crippen LogP contribution in [0.2, 0.25) is 5.02 Å². The Morgan fingerprint density at radius 3 is 2.29 bits per heavy atom. The van der Waals surface area contributed by atoms with Crippen molar-refractivity contribution in [3.63, 3.8) is 0 Å². The van der Waals surface area contributed by atoms with E-state index in [1.807, 2.05) is 73.7 Å². The number of halogens is 3. The van der Waals surface area contributed by atoms with E-state index in [0.717, 1.165) is 25.6 Å². The number of aliphatic imine (C=N–C) groups is 1. The average molecular weight is 729 g/mol. The maximum Gasteiger partial charge on any atom is 0.264 e. The molecule has 1 N–H and O–H groups in total. The standard InChI is InChI=1S/C32H25Br2ClN2O4S/c1-2-39-28-16-21(8-13-27(28)40-18-20-6-4-3-5-7-20)19-41-30-25(33)14-22(15-26(30)34)17-29-31(38)37-32(42-29)36-24-11-9-23(35)10-12-24/h3-17H,2,18-19H2,1H3,(H,36,37,38)/b29-17+. The number of rotatable bonds is 10. The minimum absolute atomic E-state index is 0.207. The van der Waals surface area contributed by atoms with Crippen LogP contribution in [-0.2, 0) is 18.0 Å². The molecule has 0 unspecified atom stereocenters. The summed E-state index contributed by atoms with van der Waals surface area (Å²) in [5.74, 6) is 1.79. The first-order chi connectivity index (χ1) is 20.4.